The lowest BCUT2D eigenvalue weighted by atomic mass is 9.87. The molecular formula is C21H18ClN5O2. The van der Waals surface area contributed by atoms with Crippen LogP contribution in [0.2, 0.25) is 5.02 Å². The van der Waals surface area contributed by atoms with Gasteiger partial charge in [0.2, 0.25) is 0 Å². The zero-order valence-corrected chi connectivity index (χ0v) is 16.6. The molecule has 0 aliphatic heterocycles. The monoisotopic (exact) mass is 407 g/mol. The second kappa shape index (κ2) is 6.77. The van der Waals surface area contributed by atoms with Gasteiger partial charge in [-0.25, -0.2) is 15.0 Å². The highest BCUT2D eigenvalue weighted by atomic mass is 35.5. The van der Waals surface area contributed by atoms with Crippen LogP contribution in [0, 0.1) is 5.92 Å². The van der Waals surface area contributed by atoms with Crippen molar-refractivity contribution in [2.75, 3.05) is 0 Å². The fraction of sp³-hybridized carbons (Fsp3) is 0.286. The zero-order valence-electron chi connectivity index (χ0n) is 15.8. The van der Waals surface area contributed by atoms with Crippen LogP contribution in [-0.4, -0.2) is 23.9 Å². The zero-order chi connectivity index (χ0) is 20.1. The van der Waals surface area contributed by atoms with Crippen molar-refractivity contribution in [3.63, 3.8) is 0 Å². The predicted molar refractivity (Wildman–Crippen MR) is 111 cm³/mol. The average Bonchev–Trinajstić information content (AvgIpc) is 2.70. The van der Waals surface area contributed by atoms with Crippen LogP contribution in [0.5, 0.6) is 0 Å². The van der Waals surface area contributed by atoms with E-state index in [0.717, 1.165) is 30.5 Å². The molecule has 0 spiro atoms. The van der Waals surface area contributed by atoms with Gasteiger partial charge in [0.15, 0.2) is 5.65 Å². The first-order chi connectivity index (χ1) is 14.0. The molecule has 0 fully saturated rings. The molecule has 0 N–H and O–H groups in total. The van der Waals surface area contributed by atoms with Crippen molar-refractivity contribution in [3.8, 4) is 0 Å². The maximum absolute atomic E-state index is 13.0. The van der Waals surface area contributed by atoms with Gasteiger partial charge in [-0.2, -0.15) is 0 Å². The number of fused-ring (bicyclic) bond motifs is 3. The second-order valence-electron chi connectivity index (χ2n) is 7.65. The molecule has 1 unspecified atom stereocenters. The second-order valence-corrected chi connectivity index (χ2v) is 8.09. The molecule has 0 saturated heterocycles. The highest BCUT2D eigenvalue weighted by Gasteiger charge is 2.19. The minimum atomic E-state index is -0.251. The number of rotatable bonds is 2. The Morgan fingerprint density at radius 2 is 2.07 bits per heavy atom. The lowest BCUT2D eigenvalue weighted by Gasteiger charge is -2.20. The fourth-order valence-corrected chi connectivity index (χ4v) is 4.08. The van der Waals surface area contributed by atoms with Crippen molar-refractivity contribution in [1.82, 2.24) is 23.9 Å². The molecule has 146 valence electrons. The van der Waals surface area contributed by atoms with Crippen molar-refractivity contribution in [3.05, 3.63) is 79.5 Å². The van der Waals surface area contributed by atoms with Crippen molar-refractivity contribution >= 4 is 28.3 Å². The number of nitrogens with zero attached hydrogens (tertiary/aromatic N) is 5. The Labute approximate surface area is 170 Å². The maximum Gasteiger partial charge on any atom is 0.263 e. The lowest BCUT2D eigenvalue weighted by molar-refractivity contribution is 0.495. The third-order valence-electron chi connectivity index (χ3n) is 5.43. The highest BCUT2D eigenvalue weighted by Crippen LogP contribution is 2.25. The summed E-state index contributed by atoms with van der Waals surface area (Å²) in [7, 11) is 0. The largest absolute Gasteiger partial charge is 0.293 e. The van der Waals surface area contributed by atoms with E-state index in [1.54, 1.807) is 12.1 Å². The van der Waals surface area contributed by atoms with Crippen molar-refractivity contribution < 1.29 is 0 Å². The molecule has 1 aliphatic carbocycles. The van der Waals surface area contributed by atoms with Gasteiger partial charge in [0, 0.05) is 18.0 Å². The molecule has 0 saturated carbocycles. The number of hydrogen-bond donors (Lipinski definition) is 0. The van der Waals surface area contributed by atoms with Crippen LogP contribution in [0.3, 0.4) is 0 Å². The van der Waals surface area contributed by atoms with E-state index in [9.17, 15) is 9.59 Å². The molecule has 0 radical (unpaired) electrons. The van der Waals surface area contributed by atoms with Crippen molar-refractivity contribution in [2.45, 2.75) is 32.7 Å². The van der Waals surface area contributed by atoms with Gasteiger partial charge in [0.25, 0.3) is 11.1 Å². The Morgan fingerprint density at radius 1 is 1.21 bits per heavy atom. The van der Waals surface area contributed by atoms with Crippen LogP contribution < -0.4 is 11.1 Å². The predicted octanol–water partition coefficient (Wildman–Crippen LogP) is 2.63. The summed E-state index contributed by atoms with van der Waals surface area (Å²) < 4.78 is 2.85. The summed E-state index contributed by atoms with van der Waals surface area (Å²) in [5, 5.41) is 0.957. The minimum absolute atomic E-state index is 0.156. The van der Waals surface area contributed by atoms with Crippen LogP contribution in [0.1, 0.15) is 30.3 Å². The molecule has 0 amide bonds. The summed E-state index contributed by atoms with van der Waals surface area (Å²) in [6.07, 6.45) is 5.96. The van der Waals surface area contributed by atoms with Crippen molar-refractivity contribution in [1.29, 1.82) is 0 Å². The van der Waals surface area contributed by atoms with Crippen LogP contribution in [0.15, 0.2) is 46.4 Å². The summed E-state index contributed by atoms with van der Waals surface area (Å²) >= 11 is 5.95. The van der Waals surface area contributed by atoms with Crippen LogP contribution in [-0.2, 0) is 19.4 Å². The Morgan fingerprint density at radius 3 is 2.93 bits per heavy atom. The molecule has 1 atom stereocenters. The smallest absolute Gasteiger partial charge is 0.263 e. The van der Waals surface area contributed by atoms with Gasteiger partial charge in [-0.3, -0.25) is 18.6 Å². The third kappa shape index (κ3) is 3.21. The molecule has 0 aromatic carbocycles. The Balaban J connectivity index is 1.58. The summed E-state index contributed by atoms with van der Waals surface area (Å²) in [5.41, 5.74) is 3.18. The van der Waals surface area contributed by atoms with E-state index < -0.39 is 0 Å². The summed E-state index contributed by atoms with van der Waals surface area (Å²) in [6, 6.07) is 6.69. The first-order valence-electron chi connectivity index (χ1n) is 9.54. The molecule has 4 aromatic heterocycles. The Hall–Kier alpha value is -3.06. The lowest BCUT2D eigenvalue weighted by Crippen LogP contribution is -2.24. The summed E-state index contributed by atoms with van der Waals surface area (Å²) in [6.45, 7) is 2.37. The van der Waals surface area contributed by atoms with E-state index in [1.807, 2.05) is 6.07 Å². The summed E-state index contributed by atoms with van der Waals surface area (Å²) in [4.78, 5) is 38.9. The van der Waals surface area contributed by atoms with Gasteiger partial charge in [-0.05, 0) is 48.9 Å². The van der Waals surface area contributed by atoms with Gasteiger partial charge < -0.3 is 0 Å². The van der Waals surface area contributed by atoms with E-state index in [-0.39, 0.29) is 17.7 Å². The molecule has 4 aromatic rings. The van der Waals surface area contributed by atoms with E-state index in [2.05, 4.69) is 21.9 Å². The van der Waals surface area contributed by atoms with Gasteiger partial charge >= 0.3 is 0 Å². The number of hydrogen-bond acceptors (Lipinski definition) is 5. The SMILES string of the molecule is CC1CCc2nc3ncn(Cc4cc(=O)n5cc(Cl)ccc5n4)c(=O)c3cc2C1. The van der Waals surface area contributed by atoms with E-state index in [0.29, 0.717) is 33.3 Å². The summed E-state index contributed by atoms with van der Waals surface area (Å²) in [5.74, 6) is 0.587. The van der Waals surface area contributed by atoms with Crippen LogP contribution in [0.25, 0.3) is 16.7 Å². The third-order valence-corrected chi connectivity index (χ3v) is 5.66. The van der Waals surface area contributed by atoms with Crippen molar-refractivity contribution in [2.24, 2.45) is 5.92 Å². The minimum Gasteiger partial charge on any atom is -0.293 e. The van der Waals surface area contributed by atoms with Gasteiger partial charge in [0.05, 0.1) is 22.6 Å². The first-order valence-corrected chi connectivity index (χ1v) is 9.91. The Kier molecular flexibility index (Phi) is 4.20. The van der Waals surface area contributed by atoms with E-state index >= 15 is 0 Å². The topological polar surface area (TPSA) is 82.2 Å². The molecule has 1 aliphatic rings. The highest BCUT2D eigenvalue weighted by molar-refractivity contribution is 6.30. The number of aromatic nitrogens is 5. The van der Waals surface area contributed by atoms with E-state index in [4.69, 9.17) is 11.6 Å². The van der Waals surface area contributed by atoms with Gasteiger partial charge in [-0.15, -0.1) is 0 Å². The normalized spacial score (nSPS) is 16.3. The molecule has 0 bridgehead atoms. The molecule has 4 heterocycles. The van der Waals surface area contributed by atoms with E-state index in [1.165, 1.54) is 27.6 Å². The molecule has 29 heavy (non-hydrogen) atoms. The standard InChI is InChI=1S/C21H18ClN5O2/c1-12-2-4-17-13(6-12)7-16-20(25-17)23-11-26(21(16)29)10-15-8-19(28)27-9-14(22)3-5-18(27)24-15/h3,5,7-9,11-12H,2,4,6,10H2,1H3. The van der Waals surface area contributed by atoms with Crippen LogP contribution >= 0.6 is 11.6 Å². The molecule has 5 rings (SSSR count). The number of halogens is 1. The average molecular weight is 408 g/mol. The molecule has 7 nitrogen and oxygen atoms in total. The quantitative estimate of drug-likeness (QED) is 0.510. The maximum atomic E-state index is 13.0. The van der Waals surface area contributed by atoms with Gasteiger partial charge in [0.1, 0.15) is 12.0 Å². The molecular weight excluding hydrogens is 390 g/mol. The first kappa shape index (κ1) is 18.0. The number of pyridine rings is 2. The van der Waals surface area contributed by atoms with Crippen LogP contribution in [0.4, 0.5) is 0 Å². The number of aryl methyl sites for hydroxylation is 1. The Bertz CT molecular complexity index is 1390. The fourth-order valence-electron chi connectivity index (χ4n) is 3.92. The van der Waals surface area contributed by atoms with Gasteiger partial charge in [-0.1, -0.05) is 18.5 Å². The molecule has 8 heteroatoms.